The number of carbonyl (C=O) groups excluding carboxylic acids is 1. The Kier molecular flexibility index (Phi) is 8.09. The molecule has 1 aliphatic heterocycles. The van der Waals surface area contributed by atoms with Crippen LogP contribution in [0.5, 0.6) is 5.75 Å². The minimum Gasteiger partial charge on any atom is -0.491 e. The number of aryl methyl sites for hydroxylation is 1. The number of ether oxygens (including phenoxy) is 2. The molecule has 30 heavy (non-hydrogen) atoms. The van der Waals surface area contributed by atoms with Gasteiger partial charge in [0.05, 0.1) is 12.6 Å². The first-order valence-electron chi connectivity index (χ1n) is 10.3. The van der Waals surface area contributed by atoms with E-state index in [0.29, 0.717) is 19.1 Å². The van der Waals surface area contributed by atoms with Gasteiger partial charge in [-0.2, -0.15) is 0 Å². The Morgan fingerprint density at radius 2 is 2.03 bits per heavy atom. The number of hydrogen-bond donors (Lipinski definition) is 3. The quantitative estimate of drug-likeness (QED) is 0.460. The van der Waals surface area contributed by atoms with E-state index in [2.05, 4.69) is 27.0 Å². The molecule has 0 aliphatic carbocycles. The van der Waals surface area contributed by atoms with Gasteiger partial charge in [-0.05, 0) is 43.5 Å². The van der Waals surface area contributed by atoms with Crippen molar-refractivity contribution in [1.82, 2.24) is 10.6 Å². The lowest BCUT2D eigenvalue weighted by molar-refractivity contribution is -0.115. The Labute approximate surface area is 177 Å². The molecule has 3 N–H and O–H groups in total. The molecule has 1 amide bonds. The maximum atomic E-state index is 12.1. The first-order valence-corrected chi connectivity index (χ1v) is 10.3. The van der Waals surface area contributed by atoms with Gasteiger partial charge in [-0.1, -0.05) is 30.3 Å². The third-order valence-electron chi connectivity index (χ3n) is 4.82. The first kappa shape index (κ1) is 21.6. The van der Waals surface area contributed by atoms with E-state index in [-0.39, 0.29) is 18.6 Å². The fourth-order valence-electron chi connectivity index (χ4n) is 3.19. The molecule has 1 heterocycles. The van der Waals surface area contributed by atoms with Crippen LogP contribution in [0.15, 0.2) is 53.5 Å². The monoisotopic (exact) mass is 410 g/mol. The summed E-state index contributed by atoms with van der Waals surface area (Å²) in [5.41, 5.74) is 2.93. The Hall–Kier alpha value is -3.06. The maximum Gasteiger partial charge on any atom is 0.243 e. The molecular weight excluding hydrogens is 380 g/mol. The van der Waals surface area contributed by atoms with E-state index >= 15 is 0 Å². The molecule has 160 valence electrons. The largest absolute Gasteiger partial charge is 0.491 e. The van der Waals surface area contributed by atoms with Crippen molar-refractivity contribution in [2.75, 3.05) is 32.1 Å². The van der Waals surface area contributed by atoms with Gasteiger partial charge in [0.25, 0.3) is 0 Å². The highest BCUT2D eigenvalue weighted by Crippen LogP contribution is 2.22. The number of carbonyl (C=O) groups is 1. The van der Waals surface area contributed by atoms with Gasteiger partial charge >= 0.3 is 0 Å². The number of rotatable bonds is 8. The molecule has 1 aliphatic rings. The number of benzene rings is 2. The second-order valence-electron chi connectivity index (χ2n) is 7.25. The van der Waals surface area contributed by atoms with Crippen LogP contribution >= 0.6 is 0 Å². The standard InChI is InChI=1S/C23H30N4O3/c1-17-10-11-18(21(13-17)30-16-20-9-6-12-29-20)14-25-23(24-2)26-15-22(28)27-19-7-4-3-5-8-19/h3-5,7-8,10-11,13,20H,6,9,12,14-16H2,1-2H3,(H,27,28)(H2,24,25,26). The summed E-state index contributed by atoms with van der Waals surface area (Å²) in [7, 11) is 1.68. The SMILES string of the molecule is CN=C(NCC(=O)Nc1ccccc1)NCc1ccc(C)cc1OCC1CCCO1. The Balaban J connectivity index is 1.49. The highest BCUT2D eigenvalue weighted by Gasteiger charge is 2.17. The van der Waals surface area contributed by atoms with E-state index in [1.165, 1.54) is 0 Å². The number of hydrogen-bond acceptors (Lipinski definition) is 4. The van der Waals surface area contributed by atoms with Crippen molar-refractivity contribution in [3.8, 4) is 5.75 Å². The highest BCUT2D eigenvalue weighted by molar-refractivity contribution is 5.94. The Morgan fingerprint density at radius 3 is 2.77 bits per heavy atom. The molecule has 3 rings (SSSR count). The summed E-state index contributed by atoms with van der Waals surface area (Å²) < 4.78 is 11.7. The first-order chi connectivity index (χ1) is 14.6. The third-order valence-corrected chi connectivity index (χ3v) is 4.82. The summed E-state index contributed by atoms with van der Waals surface area (Å²) in [6.45, 7) is 4.06. The van der Waals surface area contributed by atoms with Crippen molar-refractivity contribution in [3.63, 3.8) is 0 Å². The molecule has 0 bridgehead atoms. The number of nitrogens with zero attached hydrogens (tertiary/aromatic N) is 1. The number of amides is 1. The van der Waals surface area contributed by atoms with Crippen LogP contribution in [-0.4, -0.2) is 44.8 Å². The van der Waals surface area contributed by atoms with Crippen molar-refractivity contribution in [2.24, 2.45) is 4.99 Å². The molecule has 0 saturated carbocycles. The predicted octanol–water partition coefficient (Wildman–Crippen LogP) is 2.86. The van der Waals surface area contributed by atoms with Crippen LogP contribution in [0.2, 0.25) is 0 Å². The van der Waals surface area contributed by atoms with E-state index < -0.39 is 0 Å². The second-order valence-corrected chi connectivity index (χ2v) is 7.25. The van der Waals surface area contributed by atoms with Crippen LogP contribution in [0, 0.1) is 6.92 Å². The molecule has 7 nitrogen and oxygen atoms in total. The molecule has 0 radical (unpaired) electrons. The zero-order chi connectivity index (χ0) is 21.2. The smallest absolute Gasteiger partial charge is 0.243 e. The van der Waals surface area contributed by atoms with Gasteiger partial charge in [0.2, 0.25) is 5.91 Å². The lowest BCUT2D eigenvalue weighted by Crippen LogP contribution is -2.41. The molecular formula is C23H30N4O3. The number of anilines is 1. The topological polar surface area (TPSA) is 84.0 Å². The van der Waals surface area contributed by atoms with Crippen LogP contribution < -0.4 is 20.7 Å². The summed E-state index contributed by atoms with van der Waals surface area (Å²) >= 11 is 0. The number of guanidine groups is 1. The van der Waals surface area contributed by atoms with Crippen LogP contribution in [0.3, 0.4) is 0 Å². The molecule has 0 aromatic heterocycles. The maximum absolute atomic E-state index is 12.1. The number of nitrogens with one attached hydrogen (secondary N) is 3. The Morgan fingerprint density at radius 1 is 1.20 bits per heavy atom. The van der Waals surface area contributed by atoms with Crippen molar-refractivity contribution >= 4 is 17.6 Å². The van der Waals surface area contributed by atoms with Crippen LogP contribution in [0.4, 0.5) is 5.69 Å². The van der Waals surface area contributed by atoms with E-state index in [4.69, 9.17) is 9.47 Å². The van der Waals surface area contributed by atoms with Gasteiger partial charge in [-0.25, -0.2) is 0 Å². The summed E-state index contributed by atoms with van der Waals surface area (Å²) in [6.07, 6.45) is 2.31. The Bertz CT molecular complexity index is 849. The molecule has 0 spiro atoms. The molecule has 1 unspecified atom stereocenters. The highest BCUT2D eigenvalue weighted by atomic mass is 16.5. The van der Waals surface area contributed by atoms with Gasteiger partial charge in [-0.15, -0.1) is 0 Å². The fourth-order valence-corrected chi connectivity index (χ4v) is 3.19. The van der Waals surface area contributed by atoms with E-state index in [0.717, 1.165) is 42.0 Å². The second kappa shape index (κ2) is 11.2. The number of aliphatic imine (C=N–C) groups is 1. The van der Waals surface area contributed by atoms with Gasteiger partial charge in [0.1, 0.15) is 12.4 Å². The molecule has 2 aromatic rings. The summed E-state index contributed by atoms with van der Waals surface area (Å²) in [6, 6.07) is 15.5. The van der Waals surface area contributed by atoms with Gasteiger partial charge in [0, 0.05) is 31.5 Å². The van der Waals surface area contributed by atoms with E-state index in [1.54, 1.807) is 7.05 Å². The zero-order valence-corrected chi connectivity index (χ0v) is 17.6. The summed E-state index contributed by atoms with van der Waals surface area (Å²) in [5, 5.41) is 9.11. The van der Waals surface area contributed by atoms with Crippen LogP contribution in [0.25, 0.3) is 0 Å². The van der Waals surface area contributed by atoms with Gasteiger partial charge < -0.3 is 25.4 Å². The zero-order valence-electron chi connectivity index (χ0n) is 17.6. The minimum atomic E-state index is -0.139. The molecule has 7 heteroatoms. The lowest BCUT2D eigenvalue weighted by atomic mass is 10.1. The molecule has 1 fully saturated rings. The van der Waals surface area contributed by atoms with Crippen molar-refractivity contribution < 1.29 is 14.3 Å². The van der Waals surface area contributed by atoms with E-state index in [9.17, 15) is 4.79 Å². The van der Waals surface area contributed by atoms with Crippen LogP contribution in [0.1, 0.15) is 24.0 Å². The lowest BCUT2D eigenvalue weighted by Gasteiger charge is -2.17. The average molecular weight is 411 g/mol. The minimum absolute atomic E-state index is 0.116. The van der Waals surface area contributed by atoms with Crippen molar-refractivity contribution in [3.05, 3.63) is 59.7 Å². The average Bonchev–Trinajstić information content (AvgIpc) is 3.28. The normalized spacial score (nSPS) is 16.2. The van der Waals surface area contributed by atoms with Crippen molar-refractivity contribution in [2.45, 2.75) is 32.4 Å². The predicted molar refractivity (Wildman–Crippen MR) is 119 cm³/mol. The van der Waals surface area contributed by atoms with Gasteiger partial charge in [-0.3, -0.25) is 9.79 Å². The molecule has 2 aromatic carbocycles. The summed E-state index contributed by atoms with van der Waals surface area (Å²) in [4.78, 5) is 16.3. The third kappa shape index (κ3) is 6.77. The molecule has 1 saturated heterocycles. The van der Waals surface area contributed by atoms with Crippen LogP contribution in [-0.2, 0) is 16.1 Å². The van der Waals surface area contributed by atoms with Crippen molar-refractivity contribution in [1.29, 1.82) is 0 Å². The van der Waals surface area contributed by atoms with E-state index in [1.807, 2.05) is 49.4 Å². The molecule has 1 atom stereocenters. The van der Waals surface area contributed by atoms with Gasteiger partial charge in [0.15, 0.2) is 5.96 Å². The summed E-state index contributed by atoms with van der Waals surface area (Å²) in [5.74, 6) is 1.25. The number of para-hydroxylation sites is 1. The fraction of sp³-hybridized carbons (Fsp3) is 0.391.